The highest BCUT2D eigenvalue weighted by Crippen LogP contribution is 2.36. The van der Waals surface area contributed by atoms with Gasteiger partial charge in [-0.25, -0.2) is 4.79 Å². The minimum Gasteiger partial charge on any atom is -0.444 e. The van der Waals surface area contributed by atoms with Gasteiger partial charge in [0, 0.05) is 107 Å². The van der Waals surface area contributed by atoms with E-state index in [4.69, 9.17) is 32.7 Å². The van der Waals surface area contributed by atoms with Crippen molar-refractivity contribution in [2.24, 2.45) is 5.92 Å². The van der Waals surface area contributed by atoms with Crippen molar-refractivity contribution in [2.45, 2.75) is 58.2 Å². The average molecular weight is 725 g/mol. The van der Waals surface area contributed by atoms with Gasteiger partial charge in [0.15, 0.2) is 0 Å². The average Bonchev–Trinajstić information content (AvgIpc) is 3.87. The van der Waals surface area contributed by atoms with Crippen molar-refractivity contribution >= 4 is 51.1 Å². The molecule has 2 aliphatic rings. The molecule has 6 heterocycles. The minimum absolute atomic E-state index is 0.223. The van der Waals surface area contributed by atoms with E-state index in [9.17, 15) is 4.79 Å². The van der Waals surface area contributed by atoms with Crippen LogP contribution in [0.4, 0.5) is 4.79 Å². The van der Waals surface area contributed by atoms with E-state index in [2.05, 4.69) is 55.8 Å². The molecule has 8 rings (SSSR count). The van der Waals surface area contributed by atoms with Crippen LogP contribution in [0.2, 0.25) is 10.0 Å². The zero-order valence-corrected chi connectivity index (χ0v) is 30.8. The summed E-state index contributed by atoms with van der Waals surface area (Å²) in [7, 11) is 0. The second-order valence-electron chi connectivity index (χ2n) is 14.4. The lowest BCUT2D eigenvalue weighted by Gasteiger charge is -2.34. The lowest BCUT2D eigenvalue weighted by Crippen LogP contribution is -2.42. The third kappa shape index (κ3) is 8.09. The highest BCUT2D eigenvalue weighted by molar-refractivity contribution is 6.31. The van der Waals surface area contributed by atoms with Gasteiger partial charge < -0.3 is 23.5 Å². The van der Waals surface area contributed by atoms with Crippen molar-refractivity contribution in [3.05, 3.63) is 108 Å². The molecule has 1 amide bonds. The highest BCUT2D eigenvalue weighted by Gasteiger charge is 2.28. The molecule has 2 saturated heterocycles. The number of ether oxygens (including phenoxy) is 2. The second kappa shape index (κ2) is 15.1. The summed E-state index contributed by atoms with van der Waals surface area (Å²) in [5.74, 6) is 0.599. The number of likely N-dealkylation sites (tertiary alicyclic amines) is 1. The van der Waals surface area contributed by atoms with Gasteiger partial charge in [0.1, 0.15) is 5.60 Å². The van der Waals surface area contributed by atoms with E-state index in [1.807, 2.05) is 86.9 Å². The molecular weight excluding hydrogens is 681 g/mol. The molecule has 0 bridgehead atoms. The molecule has 0 N–H and O–H groups in total. The fraction of sp³-hybridized carbons (Fsp3) is 0.341. The molecule has 2 aromatic carbocycles. The van der Waals surface area contributed by atoms with Crippen molar-refractivity contribution < 1.29 is 14.3 Å². The molecule has 2 aliphatic heterocycles. The molecule has 0 saturated carbocycles. The van der Waals surface area contributed by atoms with Crippen molar-refractivity contribution in [1.29, 1.82) is 0 Å². The van der Waals surface area contributed by atoms with E-state index in [0.717, 1.165) is 65.6 Å². The number of rotatable bonds is 5. The fourth-order valence-electron chi connectivity index (χ4n) is 7.07. The highest BCUT2D eigenvalue weighted by atomic mass is 35.5. The first-order chi connectivity index (χ1) is 24.6. The predicted octanol–water partition coefficient (Wildman–Crippen LogP) is 10.3. The molecule has 6 aromatic rings. The van der Waals surface area contributed by atoms with E-state index in [-0.39, 0.29) is 6.09 Å². The van der Waals surface area contributed by atoms with Gasteiger partial charge in [-0.15, -0.1) is 0 Å². The van der Waals surface area contributed by atoms with Gasteiger partial charge in [0.05, 0.1) is 17.6 Å². The first-order valence-corrected chi connectivity index (χ1v) is 18.3. The number of carbonyl (C=O) groups excluding carboxylic acids is 1. The van der Waals surface area contributed by atoms with Crippen molar-refractivity contribution in [3.8, 4) is 22.3 Å². The van der Waals surface area contributed by atoms with Gasteiger partial charge in [-0.3, -0.25) is 9.97 Å². The Morgan fingerprint density at radius 2 is 1.37 bits per heavy atom. The molecule has 0 radical (unpaired) electrons. The van der Waals surface area contributed by atoms with Crippen LogP contribution in [-0.4, -0.2) is 62.0 Å². The summed E-state index contributed by atoms with van der Waals surface area (Å²) in [5, 5.41) is 3.80. The maximum Gasteiger partial charge on any atom is 0.410 e. The fourth-order valence-corrected chi connectivity index (χ4v) is 7.32. The zero-order chi connectivity index (χ0) is 35.5. The Morgan fingerprint density at radius 1 is 0.804 bits per heavy atom. The van der Waals surface area contributed by atoms with Crippen LogP contribution in [0.5, 0.6) is 0 Å². The molecular formula is C41H43Cl2N5O3. The first kappa shape index (κ1) is 35.1. The number of amides is 1. The third-order valence-corrected chi connectivity index (χ3v) is 10.1. The maximum absolute atomic E-state index is 12.4. The number of piperidine rings is 1. The van der Waals surface area contributed by atoms with E-state index in [1.165, 1.54) is 27.5 Å². The molecule has 264 valence electrons. The van der Waals surface area contributed by atoms with Crippen LogP contribution in [0.25, 0.3) is 44.1 Å². The van der Waals surface area contributed by atoms with Crippen molar-refractivity contribution in [1.82, 2.24) is 24.0 Å². The summed E-state index contributed by atoms with van der Waals surface area (Å²) in [6, 6.07) is 20.4. The van der Waals surface area contributed by atoms with E-state index in [1.54, 1.807) is 0 Å². The predicted molar refractivity (Wildman–Crippen MR) is 205 cm³/mol. The van der Waals surface area contributed by atoms with Crippen LogP contribution in [0.1, 0.15) is 46.1 Å². The Bertz CT molecular complexity index is 2100. The standard InChI is InChI=1S/C23H26ClN3O2.C18H17ClN2O/c1-23(2,3)29-22(28)26-12-9-18(10-13-26)27-15-20(16-4-6-17(24)7-5-16)19-14-25-11-8-21(19)27;19-15-3-1-14(2-4-15)17-11-21(10-13-6-8-22-12-13)18-5-7-20-9-16(17)18/h4-8,11,14-15,18H,9-10,12-13H2,1-3H3;1-5,7,9,11,13H,6,8,10,12H2. The van der Waals surface area contributed by atoms with Crippen LogP contribution < -0.4 is 0 Å². The number of hydrogen-bond donors (Lipinski definition) is 0. The molecule has 0 spiro atoms. The number of halogens is 2. The van der Waals surface area contributed by atoms with Gasteiger partial charge in [-0.2, -0.15) is 0 Å². The van der Waals surface area contributed by atoms with Crippen LogP contribution in [0.15, 0.2) is 97.8 Å². The summed E-state index contributed by atoms with van der Waals surface area (Å²) >= 11 is 12.1. The van der Waals surface area contributed by atoms with E-state index >= 15 is 0 Å². The SMILES string of the molecule is CC(C)(C)OC(=O)N1CCC(n2cc(-c3ccc(Cl)cc3)c3cnccc32)CC1.Clc1ccc(-c2cn(CC3CCOC3)c3ccncc23)cc1. The van der Waals surface area contributed by atoms with Crippen LogP contribution in [0.3, 0.4) is 0 Å². The normalized spacial score (nSPS) is 16.7. The zero-order valence-electron chi connectivity index (χ0n) is 29.3. The van der Waals surface area contributed by atoms with Crippen LogP contribution in [0, 0.1) is 5.92 Å². The number of carbonyl (C=O) groups is 1. The molecule has 8 nitrogen and oxygen atoms in total. The molecule has 2 fully saturated rings. The number of fused-ring (bicyclic) bond motifs is 2. The van der Waals surface area contributed by atoms with Gasteiger partial charge >= 0.3 is 6.09 Å². The number of pyridine rings is 2. The third-order valence-electron chi connectivity index (χ3n) is 9.62. The van der Waals surface area contributed by atoms with Crippen LogP contribution in [-0.2, 0) is 16.0 Å². The lowest BCUT2D eigenvalue weighted by molar-refractivity contribution is 0.0189. The van der Waals surface area contributed by atoms with Crippen molar-refractivity contribution in [3.63, 3.8) is 0 Å². The molecule has 10 heteroatoms. The second-order valence-corrected chi connectivity index (χ2v) is 15.2. The van der Waals surface area contributed by atoms with E-state index in [0.29, 0.717) is 25.0 Å². The number of aromatic nitrogens is 4. The Kier molecular flexibility index (Phi) is 10.4. The quantitative estimate of drug-likeness (QED) is 0.177. The van der Waals surface area contributed by atoms with Crippen molar-refractivity contribution in [2.75, 3.05) is 26.3 Å². The molecule has 51 heavy (non-hydrogen) atoms. The Labute approximate surface area is 308 Å². The smallest absolute Gasteiger partial charge is 0.410 e. The van der Waals surface area contributed by atoms with Crippen LogP contribution >= 0.6 is 23.2 Å². The van der Waals surface area contributed by atoms with Gasteiger partial charge in [0.2, 0.25) is 0 Å². The van der Waals surface area contributed by atoms with E-state index < -0.39 is 5.60 Å². The topological polar surface area (TPSA) is 74.4 Å². The molecule has 0 aliphatic carbocycles. The van der Waals surface area contributed by atoms with Gasteiger partial charge in [-0.1, -0.05) is 47.5 Å². The Morgan fingerprint density at radius 3 is 1.94 bits per heavy atom. The largest absolute Gasteiger partial charge is 0.444 e. The number of benzene rings is 2. The summed E-state index contributed by atoms with van der Waals surface area (Å²) in [6.07, 6.45) is 14.7. The summed E-state index contributed by atoms with van der Waals surface area (Å²) in [6.45, 7) is 9.83. The Hall–Kier alpha value is -4.37. The van der Waals surface area contributed by atoms with Gasteiger partial charge in [0.25, 0.3) is 0 Å². The molecule has 4 aromatic heterocycles. The maximum atomic E-state index is 12.4. The summed E-state index contributed by atoms with van der Waals surface area (Å²) in [5.41, 5.74) is 6.58. The summed E-state index contributed by atoms with van der Waals surface area (Å²) in [4.78, 5) is 22.8. The number of nitrogens with zero attached hydrogens (tertiary/aromatic N) is 5. The lowest BCUT2D eigenvalue weighted by atomic mass is 10.1. The summed E-state index contributed by atoms with van der Waals surface area (Å²) < 4.78 is 15.7. The molecule has 1 unspecified atom stereocenters. The minimum atomic E-state index is -0.467. The monoisotopic (exact) mass is 723 g/mol. The number of hydrogen-bond acceptors (Lipinski definition) is 5. The first-order valence-electron chi connectivity index (χ1n) is 17.6. The Balaban J connectivity index is 0.000000165. The molecule has 1 atom stereocenters. The van der Waals surface area contributed by atoms with Gasteiger partial charge in [-0.05, 0) is 87.6 Å².